The van der Waals surface area contributed by atoms with E-state index in [1.165, 1.54) is 27.5 Å². The fourth-order valence-corrected chi connectivity index (χ4v) is 3.21. The summed E-state index contributed by atoms with van der Waals surface area (Å²) in [6.45, 7) is 8.89. The Morgan fingerprint density at radius 2 is 1.68 bits per heavy atom. The summed E-state index contributed by atoms with van der Waals surface area (Å²) in [6, 6.07) is 21.4. The molecular formula is C24H26O. The van der Waals surface area contributed by atoms with Crippen LogP contribution < -0.4 is 4.74 Å². The molecule has 3 aromatic rings. The predicted octanol–water partition coefficient (Wildman–Crippen LogP) is 6.66. The van der Waals surface area contributed by atoms with Gasteiger partial charge in [0.1, 0.15) is 12.4 Å². The Morgan fingerprint density at radius 3 is 2.40 bits per heavy atom. The van der Waals surface area contributed by atoms with Crippen LogP contribution in [-0.2, 0) is 13.0 Å². The highest BCUT2D eigenvalue weighted by atomic mass is 16.5. The van der Waals surface area contributed by atoms with E-state index in [1.807, 2.05) is 6.08 Å². The van der Waals surface area contributed by atoms with E-state index in [4.69, 9.17) is 4.74 Å². The summed E-state index contributed by atoms with van der Waals surface area (Å²) in [4.78, 5) is 0. The van der Waals surface area contributed by atoms with Gasteiger partial charge in [-0.05, 0) is 46.7 Å². The number of ether oxygens (including phenoxy) is 1. The van der Waals surface area contributed by atoms with Gasteiger partial charge in [-0.25, -0.2) is 0 Å². The first-order valence-electron chi connectivity index (χ1n) is 9.06. The molecule has 3 rings (SSSR count). The zero-order valence-electron chi connectivity index (χ0n) is 15.2. The molecule has 0 bridgehead atoms. The summed E-state index contributed by atoms with van der Waals surface area (Å²) in [5.74, 6) is 1.47. The van der Waals surface area contributed by atoms with E-state index in [9.17, 15) is 0 Å². The first-order valence-corrected chi connectivity index (χ1v) is 9.06. The molecule has 1 atom stereocenters. The lowest BCUT2D eigenvalue weighted by molar-refractivity contribution is 0.302. The van der Waals surface area contributed by atoms with Crippen LogP contribution in [0.3, 0.4) is 0 Å². The molecule has 0 aliphatic rings. The van der Waals surface area contributed by atoms with E-state index in [1.54, 1.807) is 0 Å². The van der Waals surface area contributed by atoms with Crippen molar-refractivity contribution in [2.24, 2.45) is 0 Å². The minimum Gasteiger partial charge on any atom is -0.489 e. The van der Waals surface area contributed by atoms with Crippen LogP contribution in [0, 0.1) is 0 Å². The van der Waals surface area contributed by atoms with Gasteiger partial charge < -0.3 is 4.74 Å². The molecule has 0 aromatic heterocycles. The van der Waals surface area contributed by atoms with Gasteiger partial charge in [0, 0.05) is 5.56 Å². The number of allylic oxidation sites excluding steroid dienone is 1. The molecule has 0 amide bonds. The molecule has 0 spiro atoms. The molecule has 1 unspecified atom stereocenters. The van der Waals surface area contributed by atoms with E-state index in [0.717, 1.165) is 18.6 Å². The quantitative estimate of drug-likeness (QED) is 0.440. The van der Waals surface area contributed by atoms with Gasteiger partial charge in [0.25, 0.3) is 0 Å². The molecule has 0 saturated carbocycles. The summed E-state index contributed by atoms with van der Waals surface area (Å²) in [6.07, 6.45) is 3.93. The molecule has 0 aliphatic heterocycles. The highest BCUT2D eigenvalue weighted by molar-refractivity contribution is 5.88. The molecule has 0 saturated heterocycles. The second kappa shape index (κ2) is 8.02. The summed E-state index contributed by atoms with van der Waals surface area (Å²) in [7, 11) is 0. The van der Waals surface area contributed by atoms with Crippen molar-refractivity contribution >= 4 is 10.8 Å². The van der Waals surface area contributed by atoms with E-state index in [2.05, 4.69) is 81.1 Å². The third-order valence-corrected chi connectivity index (χ3v) is 4.83. The van der Waals surface area contributed by atoms with Crippen LogP contribution >= 0.6 is 0 Å². The lowest BCUT2D eigenvalue weighted by atomic mass is 9.92. The number of benzene rings is 3. The first kappa shape index (κ1) is 17.3. The number of rotatable bonds is 7. The van der Waals surface area contributed by atoms with Crippen molar-refractivity contribution in [1.29, 1.82) is 0 Å². The average Bonchev–Trinajstić information content (AvgIpc) is 2.66. The normalized spacial score (nSPS) is 12.1. The minimum atomic E-state index is 0.469. The van der Waals surface area contributed by atoms with E-state index < -0.39 is 0 Å². The molecule has 128 valence electrons. The molecular weight excluding hydrogens is 304 g/mol. The lowest BCUT2D eigenvalue weighted by Crippen LogP contribution is -2.02. The van der Waals surface area contributed by atoms with Crippen molar-refractivity contribution in [2.75, 3.05) is 0 Å². The number of fused-ring (bicyclic) bond motifs is 1. The van der Waals surface area contributed by atoms with Gasteiger partial charge in [0.15, 0.2) is 0 Å². The van der Waals surface area contributed by atoms with Crippen molar-refractivity contribution in [2.45, 2.75) is 39.2 Å². The molecule has 0 radical (unpaired) electrons. The highest BCUT2D eigenvalue weighted by Crippen LogP contribution is 2.36. The summed E-state index contributed by atoms with van der Waals surface area (Å²) in [5.41, 5.74) is 3.80. The predicted molar refractivity (Wildman–Crippen MR) is 107 cm³/mol. The fourth-order valence-electron chi connectivity index (χ4n) is 3.21. The Balaban J connectivity index is 1.86. The molecule has 1 nitrogen and oxygen atoms in total. The van der Waals surface area contributed by atoms with Crippen LogP contribution in [0.5, 0.6) is 5.75 Å². The number of hydrogen-bond acceptors (Lipinski definition) is 1. The first-order chi connectivity index (χ1) is 12.2. The maximum absolute atomic E-state index is 6.23. The molecule has 0 aliphatic carbocycles. The zero-order chi connectivity index (χ0) is 17.6. The molecule has 3 aromatic carbocycles. The van der Waals surface area contributed by atoms with E-state index in [-0.39, 0.29) is 0 Å². The standard InChI is InChI=1S/C24H26O/c1-4-8-19-11-13-20(14-12-19)17-25-23-16-15-21-9-6-7-10-22(21)24(23)18(3)5-2/h4,6-7,9-16,18H,1,5,8,17H2,2-3H3. The molecule has 0 fully saturated rings. The molecule has 1 heteroatoms. The topological polar surface area (TPSA) is 9.23 Å². The average molecular weight is 330 g/mol. The SMILES string of the molecule is C=CCc1ccc(COc2ccc3ccccc3c2C(C)CC)cc1. The second-order valence-corrected chi connectivity index (χ2v) is 6.61. The zero-order valence-corrected chi connectivity index (χ0v) is 15.2. The lowest BCUT2D eigenvalue weighted by Gasteiger charge is -2.18. The second-order valence-electron chi connectivity index (χ2n) is 6.61. The van der Waals surface area contributed by atoms with Gasteiger partial charge in [-0.3, -0.25) is 0 Å². The Labute approximate surface area is 151 Å². The third kappa shape index (κ3) is 3.93. The Bertz CT molecular complexity index is 846. The largest absolute Gasteiger partial charge is 0.489 e. The fraction of sp³-hybridized carbons (Fsp3) is 0.250. The van der Waals surface area contributed by atoms with E-state index >= 15 is 0 Å². The summed E-state index contributed by atoms with van der Waals surface area (Å²) < 4.78 is 6.23. The van der Waals surface area contributed by atoms with Crippen molar-refractivity contribution in [3.8, 4) is 5.75 Å². The van der Waals surface area contributed by atoms with Crippen LogP contribution in [0.15, 0.2) is 73.3 Å². The summed E-state index contributed by atoms with van der Waals surface area (Å²) >= 11 is 0. The summed E-state index contributed by atoms with van der Waals surface area (Å²) in [5, 5.41) is 2.58. The van der Waals surface area contributed by atoms with Crippen LogP contribution in [0.2, 0.25) is 0 Å². The highest BCUT2D eigenvalue weighted by Gasteiger charge is 2.14. The van der Waals surface area contributed by atoms with Crippen molar-refractivity contribution in [3.63, 3.8) is 0 Å². The molecule has 25 heavy (non-hydrogen) atoms. The van der Waals surface area contributed by atoms with Crippen LogP contribution in [0.1, 0.15) is 42.9 Å². The maximum atomic E-state index is 6.23. The monoisotopic (exact) mass is 330 g/mol. The minimum absolute atomic E-state index is 0.469. The molecule has 0 N–H and O–H groups in total. The number of hydrogen-bond donors (Lipinski definition) is 0. The van der Waals surface area contributed by atoms with Gasteiger partial charge in [0.2, 0.25) is 0 Å². The maximum Gasteiger partial charge on any atom is 0.123 e. The van der Waals surface area contributed by atoms with Gasteiger partial charge in [0.05, 0.1) is 0 Å². The third-order valence-electron chi connectivity index (χ3n) is 4.83. The van der Waals surface area contributed by atoms with Crippen LogP contribution in [0.25, 0.3) is 10.8 Å². The van der Waals surface area contributed by atoms with Gasteiger partial charge >= 0.3 is 0 Å². The van der Waals surface area contributed by atoms with Crippen LogP contribution in [-0.4, -0.2) is 0 Å². The van der Waals surface area contributed by atoms with Crippen molar-refractivity contribution in [3.05, 3.63) is 90.0 Å². The van der Waals surface area contributed by atoms with E-state index in [0.29, 0.717) is 12.5 Å². The van der Waals surface area contributed by atoms with Crippen molar-refractivity contribution in [1.82, 2.24) is 0 Å². The van der Waals surface area contributed by atoms with Crippen molar-refractivity contribution < 1.29 is 4.74 Å². The smallest absolute Gasteiger partial charge is 0.123 e. The Hall–Kier alpha value is -2.54. The Kier molecular flexibility index (Phi) is 5.55. The Morgan fingerprint density at radius 1 is 0.960 bits per heavy atom. The van der Waals surface area contributed by atoms with Gasteiger partial charge in [-0.15, -0.1) is 6.58 Å². The van der Waals surface area contributed by atoms with Gasteiger partial charge in [-0.1, -0.05) is 74.5 Å². The van der Waals surface area contributed by atoms with Gasteiger partial charge in [-0.2, -0.15) is 0 Å². The van der Waals surface area contributed by atoms with Crippen LogP contribution in [0.4, 0.5) is 0 Å². The molecule has 0 heterocycles.